The molecule has 3 aliphatic heterocycles. The maximum atomic E-state index is 14.1. The first-order valence-corrected chi connectivity index (χ1v) is 12.6. The third-order valence-corrected chi connectivity index (χ3v) is 8.28. The number of hydrogen-bond acceptors (Lipinski definition) is 4. The molecule has 0 bridgehead atoms. The number of para-hydroxylation sites is 1. The molecular weight excluding hydrogens is 464 g/mol. The predicted molar refractivity (Wildman–Crippen MR) is 141 cm³/mol. The van der Waals surface area contributed by atoms with E-state index < -0.39 is 23.4 Å². The van der Waals surface area contributed by atoms with Crippen molar-refractivity contribution < 1.29 is 14.4 Å². The number of imide groups is 1. The predicted octanol–water partition coefficient (Wildman–Crippen LogP) is 3.95. The van der Waals surface area contributed by atoms with E-state index in [-0.39, 0.29) is 17.7 Å². The molecule has 0 saturated carbocycles. The molecule has 3 N–H and O–H groups in total. The SMILES string of the molecule is Cc1ccc(N2C(=O)[C@@H]3[C@H](Cc4c[nH]c5ccccc45)N[C@@]4(C(=O)Nc5ccc(C)cc54)[C@@H]3C2=O)cc1. The molecule has 2 saturated heterocycles. The van der Waals surface area contributed by atoms with Crippen LogP contribution in [0, 0.1) is 25.7 Å². The Morgan fingerprint density at radius 2 is 1.65 bits per heavy atom. The molecule has 4 heterocycles. The molecule has 7 heteroatoms. The Morgan fingerprint density at radius 3 is 2.46 bits per heavy atom. The highest BCUT2D eigenvalue weighted by Crippen LogP contribution is 2.54. The molecule has 0 radical (unpaired) electrons. The molecule has 3 aliphatic rings. The van der Waals surface area contributed by atoms with Gasteiger partial charge in [0.1, 0.15) is 5.54 Å². The molecule has 1 spiro atoms. The summed E-state index contributed by atoms with van der Waals surface area (Å²) in [7, 11) is 0. The van der Waals surface area contributed by atoms with Crippen molar-refractivity contribution in [3.8, 4) is 0 Å². The highest BCUT2D eigenvalue weighted by Gasteiger charge is 2.70. The molecule has 3 amide bonds. The Balaban J connectivity index is 1.38. The van der Waals surface area contributed by atoms with E-state index in [9.17, 15) is 14.4 Å². The number of H-pyrrole nitrogens is 1. The number of carbonyl (C=O) groups is 3. The van der Waals surface area contributed by atoms with Crippen molar-refractivity contribution in [1.82, 2.24) is 10.3 Å². The first kappa shape index (κ1) is 22.0. The topological polar surface area (TPSA) is 94.3 Å². The summed E-state index contributed by atoms with van der Waals surface area (Å²) in [6, 6.07) is 20.8. The van der Waals surface area contributed by atoms with Crippen LogP contribution in [0.3, 0.4) is 0 Å². The largest absolute Gasteiger partial charge is 0.361 e. The average molecular weight is 491 g/mol. The van der Waals surface area contributed by atoms with Crippen LogP contribution in [0.1, 0.15) is 22.3 Å². The van der Waals surface area contributed by atoms with Gasteiger partial charge in [0, 0.05) is 34.4 Å². The minimum Gasteiger partial charge on any atom is -0.361 e. The first-order chi connectivity index (χ1) is 17.9. The third kappa shape index (κ3) is 2.95. The van der Waals surface area contributed by atoms with Crippen molar-refractivity contribution in [2.45, 2.75) is 31.8 Å². The monoisotopic (exact) mass is 490 g/mol. The lowest BCUT2D eigenvalue weighted by atomic mass is 9.76. The van der Waals surface area contributed by atoms with Gasteiger partial charge in [0.15, 0.2) is 0 Å². The van der Waals surface area contributed by atoms with Crippen molar-refractivity contribution in [3.63, 3.8) is 0 Å². The van der Waals surface area contributed by atoms with E-state index in [1.807, 2.05) is 74.6 Å². The molecule has 7 nitrogen and oxygen atoms in total. The van der Waals surface area contributed by atoms with Crippen LogP contribution in [-0.2, 0) is 26.3 Å². The first-order valence-electron chi connectivity index (χ1n) is 12.6. The molecule has 2 fully saturated rings. The Hall–Kier alpha value is -4.23. The highest BCUT2D eigenvalue weighted by molar-refractivity contribution is 6.25. The van der Waals surface area contributed by atoms with Gasteiger partial charge in [-0.15, -0.1) is 0 Å². The lowest BCUT2D eigenvalue weighted by Crippen LogP contribution is -2.53. The number of aryl methyl sites for hydroxylation is 2. The summed E-state index contributed by atoms with van der Waals surface area (Å²) in [6.45, 7) is 3.93. The molecule has 184 valence electrons. The quantitative estimate of drug-likeness (QED) is 0.379. The molecule has 4 aromatic rings. The lowest BCUT2D eigenvalue weighted by molar-refractivity contribution is -0.130. The number of nitrogens with one attached hydrogen (secondary N) is 3. The van der Waals surface area contributed by atoms with E-state index in [0.717, 1.165) is 33.2 Å². The number of hydrogen-bond donors (Lipinski definition) is 3. The average Bonchev–Trinajstić information content (AvgIpc) is 3.59. The minimum atomic E-state index is -1.31. The molecule has 1 aromatic heterocycles. The minimum absolute atomic E-state index is 0.262. The van der Waals surface area contributed by atoms with Gasteiger partial charge in [-0.05, 0) is 50.1 Å². The number of benzene rings is 3. The zero-order chi connectivity index (χ0) is 25.5. The molecule has 7 rings (SSSR count). The molecule has 0 unspecified atom stereocenters. The number of amides is 3. The second-order valence-corrected chi connectivity index (χ2v) is 10.5. The summed E-state index contributed by atoms with van der Waals surface area (Å²) < 4.78 is 0. The zero-order valence-electron chi connectivity index (χ0n) is 20.5. The van der Waals surface area contributed by atoms with E-state index in [1.165, 1.54) is 4.90 Å². The maximum absolute atomic E-state index is 14.1. The lowest BCUT2D eigenvalue weighted by Gasteiger charge is -2.29. The smallest absolute Gasteiger partial charge is 0.250 e. The fourth-order valence-electron chi connectivity index (χ4n) is 6.58. The number of rotatable bonds is 3. The number of carbonyl (C=O) groups excluding carboxylic acids is 3. The van der Waals surface area contributed by atoms with Crippen LogP contribution in [0.4, 0.5) is 11.4 Å². The molecular formula is C30H26N4O3. The van der Waals surface area contributed by atoms with Gasteiger partial charge >= 0.3 is 0 Å². The van der Waals surface area contributed by atoms with Gasteiger partial charge in [0.25, 0.3) is 0 Å². The van der Waals surface area contributed by atoms with Gasteiger partial charge in [-0.3, -0.25) is 19.7 Å². The summed E-state index contributed by atoms with van der Waals surface area (Å²) >= 11 is 0. The standard InChI is InChI=1S/C30H26N4O3/c1-16-7-10-19(11-8-16)34-27(35)25-24(14-18-15-31-22-6-4-3-5-20(18)22)33-30(26(25)28(34)36)21-13-17(2)9-12-23(21)32-29(30)37/h3-13,15,24-26,31,33H,14H2,1-2H3,(H,32,37)/t24-,25+,26-,30+/m0/s1. The second-order valence-electron chi connectivity index (χ2n) is 10.5. The number of fused-ring (bicyclic) bond motifs is 5. The van der Waals surface area contributed by atoms with Crippen LogP contribution in [0.5, 0.6) is 0 Å². The van der Waals surface area contributed by atoms with Gasteiger partial charge < -0.3 is 10.3 Å². The fourth-order valence-corrected chi connectivity index (χ4v) is 6.58. The van der Waals surface area contributed by atoms with Crippen LogP contribution >= 0.6 is 0 Å². The summed E-state index contributed by atoms with van der Waals surface area (Å²) in [5, 5.41) is 7.61. The van der Waals surface area contributed by atoms with E-state index in [1.54, 1.807) is 12.1 Å². The summed E-state index contributed by atoms with van der Waals surface area (Å²) in [5.74, 6) is -2.41. The third-order valence-electron chi connectivity index (χ3n) is 8.28. The number of nitrogens with zero attached hydrogens (tertiary/aromatic N) is 1. The Kier molecular flexibility index (Phi) is 4.54. The summed E-state index contributed by atoms with van der Waals surface area (Å²) in [6.07, 6.45) is 2.46. The summed E-state index contributed by atoms with van der Waals surface area (Å²) in [4.78, 5) is 46.5. The highest BCUT2D eigenvalue weighted by atomic mass is 16.2. The number of anilines is 2. The van der Waals surface area contributed by atoms with E-state index in [2.05, 4.69) is 15.6 Å². The van der Waals surface area contributed by atoms with Crippen molar-refractivity contribution in [1.29, 1.82) is 0 Å². The van der Waals surface area contributed by atoms with Gasteiger partial charge in [-0.25, -0.2) is 4.90 Å². The fraction of sp³-hybridized carbons (Fsp3) is 0.233. The van der Waals surface area contributed by atoms with Crippen molar-refractivity contribution in [2.24, 2.45) is 11.8 Å². The molecule has 37 heavy (non-hydrogen) atoms. The maximum Gasteiger partial charge on any atom is 0.250 e. The molecule has 4 atom stereocenters. The van der Waals surface area contributed by atoms with Crippen LogP contribution in [0.15, 0.2) is 72.9 Å². The molecule has 3 aromatic carbocycles. The zero-order valence-corrected chi connectivity index (χ0v) is 20.5. The summed E-state index contributed by atoms with van der Waals surface area (Å²) in [5.41, 5.74) is 4.73. The number of aromatic amines is 1. The van der Waals surface area contributed by atoms with Crippen molar-refractivity contribution in [3.05, 3.63) is 95.2 Å². The Labute approximate surface area is 213 Å². The van der Waals surface area contributed by atoms with Crippen molar-refractivity contribution in [2.75, 3.05) is 10.2 Å². The Morgan fingerprint density at radius 1 is 0.892 bits per heavy atom. The van der Waals surface area contributed by atoms with Gasteiger partial charge in [-0.2, -0.15) is 0 Å². The van der Waals surface area contributed by atoms with Crippen LogP contribution in [0.2, 0.25) is 0 Å². The van der Waals surface area contributed by atoms with E-state index >= 15 is 0 Å². The molecule has 0 aliphatic carbocycles. The second kappa shape index (κ2) is 7.63. The van der Waals surface area contributed by atoms with Crippen LogP contribution < -0.4 is 15.5 Å². The van der Waals surface area contributed by atoms with E-state index in [0.29, 0.717) is 17.8 Å². The van der Waals surface area contributed by atoms with Gasteiger partial charge in [0.2, 0.25) is 17.7 Å². The van der Waals surface area contributed by atoms with Gasteiger partial charge in [-0.1, -0.05) is 53.6 Å². The van der Waals surface area contributed by atoms with Crippen LogP contribution in [0.25, 0.3) is 10.9 Å². The van der Waals surface area contributed by atoms with Gasteiger partial charge in [0.05, 0.1) is 17.5 Å². The Bertz CT molecular complexity index is 1620. The van der Waals surface area contributed by atoms with Crippen LogP contribution in [-0.4, -0.2) is 28.7 Å². The normalized spacial score (nSPS) is 26.3. The van der Waals surface area contributed by atoms with E-state index in [4.69, 9.17) is 0 Å². The van der Waals surface area contributed by atoms with Crippen molar-refractivity contribution >= 4 is 40.0 Å². The number of aromatic nitrogens is 1.